The molecule has 0 amide bonds. The summed E-state index contributed by atoms with van der Waals surface area (Å²) in [6.07, 6.45) is 4.66. The van der Waals surface area contributed by atoms with E-state index in [2.05, 4.69) is 24.0 Å². The maximum Gasteiger partial charge on any atom is 0.293 e. The summed E-state index contributed by atoms with van der Waals surface area (Å²) in [5, 5.41) is 4.12. The topological polar surface area (TPSA) is 78.1 Å². The molecule has 0 aliphatic heterocycles. The Morgan fingerprint density at radius 2 is 2.05 bits per heavy atom. The zero-order chi connectivity index (χ0) is 14.2. The van der Waals surface area contributed by atoms with E-state index in [1.54, 1.807) is 0 Å². The average Bonchev–Trinajstić information content (AvgIpc) is 3.07. The zero-order valence-electron chi connectivity index (χ0n) is 12.1. The minimum atomic E-state index is 0.374. The first kappa shape index (κ1) is 13.4. The normalized spacial score (nSPS) is 19.4. The molecule has 5 heteroatoms. The first-order valence-corrected chi connectivity index (χ1v) is 7.20. The van der Waals surface area contributed by atoms with E-state index in [1.165, 1.54) is 12.8 Å². The highest BCUT2D eigenvalue weighted by molar-refractivity contribution is 5.44. The summed E-state index contributed by atoms with van der Waals surface area (Å²) in [4.78, 5) is 4.49. The molecule has 0 saturated heterocycles. The first-order chi connectivity index (χ1) is 9.57. The van der Waals surface area contributed by atoms with Gasteiger partial charge in [-0.2, -0.15) is 4.98 Å². The van der Waals surface area contributed by atoms with E-state index >= 15 is 0 Å². The molecule has 108 valence electrons. The van der Waals surface area contributed by atoms with Gasteiger partial charge in [-0.05, 0) is 43.2 Å². The third-order valence-corrected chi connectivity index (χ3v) is 4.22. The van der Waals surface area contributed by atoms with Crippen molar-refractivity contribution in [2.75, 3.05) is 0 Å². The van der Waals surface area contributed by atoms with Gasteiger partial charge in [-0.15, -0.1) is 0 Å². The van der Waals surface area contributed by atoms with E-state index in [9.17, 15) is 0 Å². The molecule has 2 heterocycles. The Bertz CT molecular complexity index is 575. The Morgan fingerprint density at radius 3 is 2.70 bits per heavy atom. The summed E-state index contributed by atoms with van der Waals surface area (Å²) >= 11 is 0. The number of aromatic nitrogens is 2. The zero-order valence-corrected chi connectivity index (χ0v) is 12.1. The maximum absolute atomic E-state index is 5.53. The SMILES string of the molecule is CC1(C)CCC(c2noc(-c3ccc(CN)o3)n2)CC1. The summed E-state index contributed by atoms with van der Waals surface area (Å²) in [6, 6.07) is 3.66. The lowest BCUT2D eigenvalue weighted by molar-refractivity contribution is 0.218. The fraction of sp³-hybridized carbons (Fsp3) is 0.600. The number of nitrogens with zero attached hydrogens (tertiary/aromatic N) is 2. The summed E-state index contributed by atoms with van der Waals surface area (Å²) < 4.78 is 10.8. The molecule has 0 aromatic carbocycles. The van der Waals surface area contributed by atoms with Crippen LogP contribution in [0.25, 0.3) is 11.7 Å². The van der Waals surface area contributed by atoms with Crippen LogP contribution >= 0.6 is 0 Å². The average molecular weight is 275 g/mol. The quantitative estimate of drug-likeness (QED) is 0.927. The Morgan fingerprint density at radius 1 is 1.30 bits per heavy atom. The Labute approximate surface area is 118 Å². The van der Waals surface area contributed by atoms with Crippen LogP contribution in [0.4, 0.5) is 0 Å². The van der Waals surface area contributed by atoms with Gasteiger partial charge in [0.1, 0.15) is 5.76 Å². The molecule has 0 unspecified atom stereocenters. The Hall–Kier alpha value is -1.62. The lowest BCUT2D eigenvalue weighted by Gasteiger charge is -2.32. The summed E-state index contributed by atoms with van der Waals surface area (Å²) in [6.45, 7) is 5.02. The molecule has 0 bridgehead atoms. The molecule has 2 aromatic heterocycles. The highest BCUT2D eigenvalue weighted by Gasteiger charge is 2.30. The van der Waals surface area contributed by atoms with Gasteiger partial charge in [0, 0.05) is 5.92 Å². The molecule has 1 saturated carbocycles. The van der Waals surface area contributed by atoms with Gasteiger partial charge in [0.25, 0.3) is 5.89 Å². The fourth-order valence-electron chi connectivity index (χ4n) is 2.76. The lowest BCUT2D eigenvalue weighted by atomic mass is 9.73. The number of furan rings is 1. The molecule has 0 radical (unpaired) electrons. The van der Waals surface area contributed by atoms with E-state index in [1.807, 2.05) is 12.1 Å². The van der Waals surface area contributed by atoms with Crippen molar-refractivity contribution in [3.8, 4) is 11.7 Å². The maximum atomic E-state index is 5.53. The molecule has 0 spiro atoms. The standard InChI is InChI=1S/C15H21N3O2/c1-15(2)7-5-10(6-8-15)13-17-14(20-18-13)12-4-3-11(9-16)19-12/h3-4,10H,5-9,16H2,1-2H3. The van der Waals surface area contributed by atoms with Crippen LogP contribution < -0.4 is 5.73 Å². The molecule has 2 aromatic rings. The van der Waals surface area contributed by atoms with Gasteiger partial charge in [-0.1, -0.05) is 19.0 Å². The fourth-order valence-corrected chi connectivity index (χ4v) is 2.76. The predicted octanol–water partition coefficient (Wildman–Crippen LogP) is 3.47. The van der Waals surface area contributed by atoms with Crippen LogP contribution in [0.2, 0.25) is 0 Å². The number of hydrogen-bond acceptors (Lipinski definition) is 5. The molecular weight excluding hydrogens is 254 g/mol. The van der Waals surface area contributed by atoms with E-state index < -0.39 is 0 Å². The van der Waals surface area contributed by atoms with Crippen LogP contribution in [0.3, 0.4) is 0 Å². The third kappa shape index (κ3) is 2.63. The van der Waals surface area contributed by atoms with Crippen LogP contribution in [0.1, 0.15) is 57.0 Å². The molecular formula is C15H21N3O2. The second-order valence-corrected chi connectivity index (χ2v) is 6.37. The van der Waals surface area contributed by atoms with Crippen molar-refractivity contribution in [3.05, 3.63) is 23.7 Å². The van der Waals surface area contributed by atoms with Crippen molar-refractivity contribution in [2.45, 2.75) is 52.0 Å². The van der Waals surface area contributed by atoms with Crippen LogP contribution in [-0.2, 0) is 6.54 Å². The van der Waals surface area contributed by atoms with Gasteiger partial charge < -0.3 is 14.7 Å². The van der Waals surface area contributed by atoms with Gasteiger partial charge in [0.2, 0.25) is 0 Å². The van der Waals surface area contributed by atoms with Crippen molar-refractivity contribution in [3.63, 3.8) is 0 Å². The minimum Gasteiger partial charge on any atom is -0.455 e. The highest BCUT2D eigenvalue weighted by atomic mass is 16.5. The largest absolute Gasteiger partial charge is 0.455 e. The molecule has 1 fully saturated rings. The van der Waals surface area contributed by atoms with Crippen LogP contribution in [0, 0.1) is 5.41 Å². The highest BCUT2D eigenvalue weighted by Crippen LogP contribution is 2.41. The smallest absolute Gasteiger partial charge is 0.293 e. The van der Waals surface area contributed by atoms with Crippen LogP contribution in [0.15, 0.2) is 21.1 Å². The van der Waals surface area contributed by atoms with Crippen molar-refractivity contribution < 1.29 is 8.94 Å². The summed E-state index contributed by atoms with van der Waals surface area (Å²) in [7, 11) is 0. The Balaban J connectivity index is 1.74. The molecule has 20 heavy (non-hydrogen) atoms. The van der Waals surface area contributed by atoms with Gasteiger partial charge in [-0.25, -0.2) is 0 Å². The van der Waals surface area contributed by atoms with Crippen LogP contribution in [0.5, 0.6) is 0 Å². The van der Waals surface area contributed by atoms with Crippen LogP contribution in [-0.4, -0.2) is 10.1 Å². The molecule has 1 aliphatic rings. The molecule has 0 atom stereocenters. The van der Waals surface area contributed by atoms with Gasteiger partial charge in [0.15, 0.2) is 11.6 Å². The van der Waals surface area contributed by atoms with Gasteiger partial charge in [-0.3, -0.25) is 0 Å². The van der Waals surface area contributed by atoms with E-state index in [0.29, 0.717) is 29.5 Å². The first-order valence-electron chi connectivity index (χ1n) is 7.20. The molecule has 5 nitrogen and oxygen atoms in total. The van der Waals surface area contributed by atoms with Gasteiger partial charge >= 0.3 is 0 Å². The molecule has 3 rings (SSSR count). The third-order valence-electron chi connectivity index (χ3n) is 4.22. The van der Waals surface area contributed by atoms with E-state index in [0.717, 1.165) is 24.4 Å². The minimum absolute atomic E-state index is 0.374. The summed E-state index contributed by atoms with van der Waals surface area (Å²) in [5.74, 6) is 2.98. The van der Waals surface area contributed by atoms with E-state index in [-0.39, 0.29) is 0 Å². The molecule has 2 N–H and O–H groups in total. The summed E-state index contributed by atoms with van der Waals surface area (Å²) in [5.41, 5.74) is 5.97. The number of hydrogen-bond donors (Lipinski definition) is 1. The van der Waals surface area contributed by atoms with Crippen molar-refractivity contribution in [2.24, 2.45) is 11.1 Å². The second-order valence-electron chi connectivity index (χ2n) is 6.37. The predicted molar refractivity (Wildman–Crippen MR) is 74.9 cm³/mol. The van der Waals surface area contributed by atoms with E-state index in [4.69, 9.17) is 14.7 Å². The lowest BCUT2D eigenvalue weighted by Crippen LogP contribution is -2.20. The molecule has 1 aliphatic carbocycles. The van der Waals surface area contributed by atoms with Crippen molar-refractivity contribution >= 4 is 0 Å². The van der Waals surface area contributed by atoms with Crippen molar-refractivity contribution in [1.82, 2.24) is 10.1 Å². The Kier molecular flexibility index (Phi) is 3.38. The number of nitrogens with two attached hydrogens (primary N) is 1. The second kappa shape index (κ2) is 5.05. The number of rotatable bonds is 3. The monoisotopic (exact) mass is 275 g/mol. The van der Waals surface area contributed by atoms with Gasteiger partial charge in [0.05, 0.1) is 6.54 Å². The van der Waals surface area contributed by atoms with Crippen molar-refractivity contribution in [1.29, 1.82) is 0 Å².